The quantitative estimate of drug-likeness (QED) is 0.654. The van der Waals surface area contributed by atoms with Crippen LogP contribution in [0.5, 0.6) is 0 Å². The summed E-state index contributed by atoms with van der Waals surface area (Å²) in [5.74, 6) is 0.755. The van der Waals surface area contributed by atoms with Crippen molar-refractivity contribution in [3.05, 3.63) is 41.1 Å². The summed E-state index contributed by atoms with van der Waals surface area (Å²) in [5, 5.41) is 3.71. The van der Waals surface area contributed by atoms with Crippen molar-refractivity contribution in [2.75, 3.05) is 6.26 Å². The fourth-order valence-electron chi connectivity index (χ4n) is 2.32. The van der Waals surface area contributed by atoms with Crippen molar-refractivity contribution < 1.29 is 9.21 Å². The van der Waals surface area contributed by atoms with E-state index in [1.54, 1.807) is 6.26 Å². The highest BCUT2D eigenvalue weighted by Crippen LogP contribution is 2.17. The lowest BCUT2D eigenvalue weighted by molar-refractivity contribution is -0.121. The Morgan fingerprint density at radius 3 is 2.59 bits per heavy atom. The van der Waals surface area contributed by atoms with E-state index in [9.17, 15) is 4.79 Å². The number of nitrogens with zero attached hydrogens (tertiary/aromatic N) is 2. The topological polar surface area (TPSA) is 68.0 Å². The first-order chi connectivity index (χ1) is 10.5. The van der Waals surface area contributed by atoms with E-state index in [0.29, 0.717) is 12.8 Å². The highest BCUT2D eigenvalue weighted by Gasteiger charge is 2.14. The van der Waals surface area contributed by atoms with Crippen LogP contribution < -0.4 is 5.32 Å². The van der Waals surface area contributed by atoms with E-state index in [0.717, 1.165) is 27.9 Å². The van der Waals surface area contributed by atoms with Gasteiger partial charge in [0.15, 0.2) is 5.16 Å². The normalized spacial score (nSPS) is 12.2. The molecule has 0 bridgehead atoms. The van der Waals surface area contributed by atoms with Crippen LogP contribution in [0.25, 0.3) is 0 Å². The fourth-order valence-corrected chi connectivity index (χ4v) is 2.78. The minimum atomic E-state index is -0.125. The molecule has 0 aliphatic heterocycles. The SMILES string of the molecule is CSc1nc(C)c(CCC(=O)N[C@H](C)c2ccco2)c(C)n1. The first kappa shape index (κ1) is 16.5. The van der Waals surface area contributed by atoms with Gasteiger partial charge in [-0.15, -0.1) is 0 Å². The molecule has 0 aliphatic rings. The van der Waals surface area contributed by atoms with Gasteiger partial charge >= 0.3 is 0 Å². The molecule has 2 rings (SSSR count). The molecule has 5 nitrogen and oxygen atoms in total. The second kappa shape index (κ2) is 7.45. The average Bonchev–Trinajstić information content (AvgIpc) is 3.00. The fraction of sp³-hybridized carbons (Fsp3) is 0.438. The number of thioether (sulfide) groups is 1. The molecular formula is C16H21N3O2S. The van der Waals surface area contributed by atoms with Crippen molar-refractivity contribution in [2.24, 2.45) is 0 Å². The number of nitrogens with one attached hydrogen (secondary N) is 1. The van der Waals surface area contributed by atoms with Crippen LogP contribution in [-0.4, -0.2) is 22.1 Å². The van der Waals surface area contributed by atoms with Crippen molar-refractivity contribution in [1.82, 2.24) is 15.3 Å². The van der Waals surface area contributed by atoms with Gasteiger partial charge in [-0.25, -0.2) is 9.97 Å². The van der Waals surface area contributed by atoms with Crippen molar-refractivity contribution >= 4 is 17.7 Å². The number of furan rings is 1. The molecule has 118 valence electrons. The predicted molar refractivity (Wildman–Crippen MR) is 86.9 cm³/mol. The second-order valence-electron chi connectivity index (χ2n) is 5.16. The Kier molecular flexibility index (Phi) is 5.60. The zero-order valence-electron chi connectivity index (χ0n) is 13.3. The molecule has 0 unspecified atom stereocenters. The molecule has 0 saturated heterocycles. The van der Waals surface area contributed by atoms with Crippen molar-refractivity contribution in [1.29, 1.82) is 0 Å². The molecule has 0 aliphatic carbocycles. The summed E-state index contributed by atoms with van der Waals surface area (Å²) >= 11 is 1.53. The zero-order chi connectivity index (χ0) is 16.1. The van der Waals surface area contributed by atoms with Crippen LogP contribution >= 0.6 is 11.8 Å². The van der Waals surface area contributed by atoms with E-state index in [2.05, 4.69) is 15.3 Å². The van der Waals surface area contributed by atoms with E-state index in [1.807, 2.05) is 39.2 Å². The Bertz CT molecular complexity index is 618. The largest absolute Gasteiger partial charge is 0.467 e. The van der Waals surface area contributed by atoms with Gasteiger partial charge in [-0.05, 0) is 51.1 Å². The van der Waals surface area contributed by atoms with E-state index < -0.39 is 0 Å². The maximum Gasteiger partial charge on any atom is 0.220 e. The Morgan fingerprint density at radius 1 is 1.36 bits per heavy atom. The Morgan fingerprint density at radius 2 is 2.05 bits per heavy atom. The molecule has 1 amide bonds. The molecule has 1 atom stereocenters. The second-order valence-corrected chi connectivity index (χ2v) is 5.94. The van der Waals surface area contributed by atoms with Crippen LogP contribution in [0.15, 0.2) is 28.0 Å². The highest BCUT2D eigenvalue weighted by molar-refractivity contribution is 7.98. The minimum Gasteiger partial charge on any atom is -0.467 e. The summed E-state index contributed by atoms with van der Waals surface area (Å²) in [6.45, 7) is 5.84. The summed E-state index contributed by atoms with van der Waals surface area (Å²) in [6, 6.07) is 3.55. The van der Waals surface area contributed by atoms with Crippen LogP contribution in [0.1, 0.15) is 42.1 Å². The van der Waals surface area contributed by atoms with Gasteiger partial charge in [-0.1, -0.05) is 11.8 Å². The smallest absolute Gasteiger partial charge is 0.220 e. The average molecular weight is 319 g/mol. The third-order valence-corrected chi connectivity index (χ3v) is 4.08. The molecule has 22 heavy (non-hydrogen) atoms. The van der Waals surface area contributed by atoms with Crippen molar-refractivity contribution in [3.63, 3.8) is 0 Å². The number of rotatable bonds is 6. The molecule has 0 radical (unpaired) electrons. The molecule has 2 aromatic heterocycles. The third kappa shape index (κ3) is 4.10. The summed E-state index contributed by atoms with van der Waals surface area (Å²) in [5.41, 5.74) is 2.95. The van der Waals surface area contributed by atoms with Gasteiger partial charge in [0.2, 0.25) is 5.91 Å². The lowest BCUT2D eigenvalue weighted by atomic mass is 10.1. The van der Waals surface area contributed by atoms with Crippen LogP contribution in [0.3, 0.4) is 0 Å². The molecule has 2 aromatic rings. The van der Waals surface area contributed by atoms with E-state index in [-0.39, 0.29) is 11.9 Å². The monoisotopic (exact) mass is 319 g/mol. The number of aryl methyl sites for hydroxylation is 2. The van der Waals surface area contributed by atoms with Crippen molar-refractivity contribution in [3.8, 4) is 0 Å². The van der Waals surface area contributed by atoms with Gasteiger partial charge in [0, 0.05) is 17.8 Å². The predicted octanol–water partition coefficient (Wildman–Crippen LogP) is 3.22. The highest BCUT2D eigenvalue weighted by atomic mass is 32.2. The summed E-state index contributed by atoms with van der Waals surface area (Å²) < 4.78 is 5.29. The maximum absolute atomic E-state index is 12.1. The number of amides is 1. The molecule has 0 fully saturated rings. The Balaban J connectivity index is 1.94. The summed E-state index contributed by atoms with van der Waals surface area (Å²) in [6.07, 6.45) is 4.62. The number of hydrogen-bond acceptors (Lipinski definition) is 5. The van der Waals surface area contributed by atoms with Crippen LogP contribution in [0.4, 0.5) is 0 Å². The Hall–Kier alpha value is -1.82. The summed E-state index contributed by atoms with van der Waals surface area (Å²) in [7, 11) is 0. The molecule has 2 heterocycles. The van der Waals surface area contributed by atoms with Crippen molar-refractivity contribution in [2.45, 2.75) is 44.8 Å². The zero-order valence-corrected chi connectivity index (χ0v) is 14.2. The van der Waals surface area contributed by atoms with Gasteiger partial charge in [0.1, 0.15) is 5.76 Å². The van der Waals surface area contributed by atoms with Gasteiger partial charge < -0.3 is 9.73 Å². The molecule has 0 spiro atoms. The summed E-state index contributed by atoms with van der Waals surface area (Å²) in [4.78, 5) is 20.9. The molecular weight excluding hydrogens is 298 g/mol. The van der Waals surface area contributed by atoms with E-state index in [1.165, 1.54) is 11.8 Å². The van der Waals surface area contributed by atoms with Crippen LogP contribution in [-0.2, 0) is 11.2 Å². The number of carbonyl (C=O) groups is 1. The van der Waals surface area contributed by atoms with E-state index in [4.69, 9.17) is 4.42 Å². The van der Waals surface area contributed by atoms with Crippen LogP contribution in [0.2, 0.25) is 0 Å². The molecule has 1 N–H and O–H groups in total. The van der Waals surface area contributed by atoms with E-state index >= 15 is 0 Å². The van der Waals surface area contributed by atoms with Gasteiger partial charge in [0.05, 0.1) is 12.3 Å². The maximum atomic E-state index is 12.1. The number of hydrogen-bond donors (Lipinski definition) is 1. The number of aromatic nitrogens is 2. The first-order valence-electron chi connectivity index (χ1n) is 7.22. The minimum absolute atomic E-state index is 0.00311. The standard InChI is InChI=1S/C16H21N3O2S/c1-10-13(11(2)19-16(18-10)22-4)7-8-15(20)17-12(3)14-6-5-9-21-14/h5-6,9,12H,7-8H2,1-4H3,(H,17,20)/t12-/m1/s1. The lowest BCUT2D eigenvalue weighted by Crippen LogP contribution is -2.26. The first-order valence-corrected chi connectivity index (χ1v) is 8.44. The molecule has 0 saturated carbocycles. The van der Waals surface area contributed by atoms with Gasteiger partial charge in [0.25, 0.3) is 0 Å². The molecule has 0 aromatic carbocycles. The Labute approximate surface area is 134 Å². The molecule has 6 heteroatoms. The van der Waals surface area contributed by atoms with Gasteiger partial charge in [-0.2, -0.15) is 0 Å². The lowest BCUT2D eigenvalue weighted by Gasteiger charge is -2.13. The third-order valence-electron chi connectivity index (χ3n) is 3.53. The van der Waals surface area contributed by atoms with Gasteiger partial charge in [-0.3, -0.25) is 4.79 Å². The van der Waals surface area contributed by atoms with Crippen LogP contribution in [0, 0.1) is 13.8 Å². The number of carbonyl (C=O) groups excluding carboxylic acids is 1.